The Balaban J connectivity index is 4.58. The minimum Gasteiger partial charge on any atom is -0.756 e. The second kappa shape index (κ2) is 38.4. The number of esters is 1. The van der Waals surface area contributed by atoms with Gasteiger partial charge in [0.15, 0.2) is 6.10 Å². The van der Waals surface area contributed by atoms with Crippen molar-refractivity contribution < 1.29 is 37.3 Å². The van der Waals surface area contributed by atoms with Crippen molar-refractivity contribution in [2.75, 3.05) is 47.5 Å². The summed E-state index contributed by atoms with van der Waals surface area (Å²) >= 11 is 0. The molecule has 0 N–H and O–H groups in total. The Morgan fingerprint density at radius 1 is 0.582 bits per heavy atom. The maximum atomic E-state index is 12.5. The molecule has 9 heteroatoms. The van der Waals surface area contributed by atoms with Crippen molar-refractivity contribution in [3.8, 4) is 0 Å². The second-order valence-corrected chi connectivity index (χ2v) is 16.7. The normalized spacial score (nSPS) is 14.6. The summed E-state index contributed by atoms with van der Waals surface area (Å²) in [4.78, 5) is 24.9. The first-order valence-corrected chi connectivity index (χ1v) is 22.9. The van der Waals surface area contributed by atoms with E-state index in [0.29, 0.717) is 11.0 Å². The summed E-state index contributed by atoms with van der Waals surface area (Å²) in [6.45, 7) is 4.51. The lowest BCUT2D eigenvalue weighted by Gasteiger charge is -2.28. The van der Waals surface area contributed by atoms with Crippen molar-refractivity contribution in [1.29, 1.82) is 0 Å². The zero-order chi connectivity index (χ0) is 40.6. The monoisotopic (exact) mass is 790 g/mol. The lowest BCUT2D eigenvalue weighted by Crippen LogP contribution is -2.37. The van der Waals surface area contributed by atoms with E-state index in [1.54, 1.807) is 24.5 Å². The van der Waals surface area contributed by atoms with E-state index >= 15 is 0 Å². The second-order valence-electron chi connectivity index (χ2n) is 15.3. The van der Waals surface area contributed by atoms with Crippen molar-refractivity contribution >= 4 is 13.8 Å². The third-order valence-electron chi connectivity index (χ3n) is 8.75. The molecule has 0 aliphatic rings. The minimum atomic E-state index is -4.58. The van der Waals surface area contributed by atoms with Crippen LogP contribution in [0.1, 0.15) is 149 Å². The molecule has 0 spiro atoms. The number of likely N-dealkylation sites (N-methyl/N-ethyl adjacent to an activating group) is 1. The van der Waals surface area contributed by atoms with Crippen LogP contribution in [-0.4, -0.2) is 64.1 Å². The molecule has 0 aromatic carbocycles. The molecule has 0 heterocycles. The number of carbonyl (C=O) groups excluding carboxylic acids is 1. The van der Waals surface area contributed by atoms with E-state index in [1.807, 2.05) is 63.7 Å². The fraction of sp³-hybridized carbons (Fsp3) is 0.674. The summed E-state index contributed by atoms with van der Waals surface area (Å²) < 4.78 is 34.0. The highest BCUT2D eigenvalue weighted by Gasteiger charge is 2.19. The first-order chi connectivity index (χ1) is 26.6. The van der Waals surface area contributed by atoms with Gasteiger partial charge in [-0.1, -0.05) is 190 Å². The standard InChI is InChI=1S/C46H80NO7P/c1-6-8-10-12-14-16-18-20-22-23-24-25-26-27-29-31-33-35-37-39-46(48)54-45(44-53-55(49,50)52-42-40-47(3,4)5)43-51-41-38-36-34-32-30-28-21-19-17-15-13-11-9-7-2/h22-27,29,31,33,35,37-39,41,45H,6-21,28,30,32,34,36,40,42-44H2,1-5H3/b23-22?,25-24?,27-26?,31-29?,35-33?,39-37-,41-38?/t45-/m1/s1. The van der Waals surface area contributed by atoms with Crippen LogP contribution in [0.25, 0.3) is 0 Å². The maximum Gasteiger partial charge on any atom is 0.331 e. The summed E-state index contributed by atoms with van der Waals surface area (Å²) in [5, 5.41) is 0. The number of rotatable bonds is 38. The molecule has 316 valence electrons. The highest BCUT2D eigenvalue weighted by atomic mass is 31.2. The summed E-state index contributed by atoms with van der Waals surface area (Å²) in [6.07, 6.45) is 51.9. The van der Waals surface area contributed by atoms with E-state index in [9.17, 15) is 14.3 Å². The topological polar surface area (TPSA) is 94.1 Å². The fourth-order valence-electron chi connectivity index (χ4n) is 5.40. The van der Waals surface area contributed by atoms with Crippen molar-refractivity contribution in [3.05, 3.63) is 85.3 Å². The molecule has 0 bridgehead atoms. The molecule has 0 saturated carbocycles. The van der Waals surface area contributed by atoms with Gasteiger partial charge in [0.05, 0.1) is 34.0 Å². The van der Waals surface area contributed by atoms with Gasteiger partial charge in [0.25, 0.3) is 7.82 Å². The molecule has 0 aliphatic carbocycles. The number of nitrogens with zero attached hydrogens (tertiary/aromatic N) is 1. The summed E-state index contributed by atoms with van der Waals surface area (Å²) in [7, 11) is 1.22. The molecule has 0 rings (SSSR count). The first kappa shape index (κ1) is 52.5. The molecule has 2 atom stereocenters. The van der Waals surface area contributed by atoms with Gasteiger partial charge < -0.3 is 27.9 Å². The summed E-state index contributed by atoms with van der Waals surface area (Å²) in [5.74, 6) is -0.636. The molecule has 0 aromatic rings. The number of hydrogen-bond acceptors (Lipinski definition) is 7. The van der Waals surface area contributed by atoms with Crippen LogP contribution in [0.4, 0.5) is 0 Å². The molecule has 1 unspecified atom stereocenters. The number of phosphoric acid groups is 1. The molecule has 0 amide bonds. The van der Waals surface area contributed by atoms with E-state index in [1.165, 1.54) is 122 Å². The van der Waals surface area contributed by atoms with Crippen LogP contribution in [0.5, 0.6) is 0 Å². The molecular weight excluding hydrogens is 709 g/mol. The zero-order valence-corrected chi connectivity index (χ0v) is 36.5. The predicted molar refractivity (Wildman–Crippen MR) is 231 cm³/mol. The van der Waals surface area contributed by atoms with Crippen LogP contribution in [-0.2, 0) is 27.9 Å². The van der Waals surface area contributed by atoms with Crippen LogP contribution in [0.2, 0.25) is 0 Å². The van der Waals surface area contributed by atoms with Gasteiger partial charge >= 0.3 is 5.97 Å². The van der Waals surface area contributed by atoms with Crippen molar-refractivity contribution in [1.82, 2.24) is 0 Å². The summed E-state index contributed by atoms with van der Waals surface area (Å²) in [5.41, 5.74) is 0. The van der Waals surface area contributed by atoms with Crippen molar-refractivity contribution in [2.45, 2.75) is 155 Å². The van der Waals surface area contributed by atoms with Gasteiger partial charge in [0.2, 0.25) is 0 Å². The average molecular weight is 790 g/mol. The Labute approximate surface area is 337 Å². The van der Waals surface area contributed by atoms with E-state index in [0.717, 1.165) is 19.3 Å². The molecule has 0 radical (unpaired) electrons. The van der Waals surface area contributed by atoms with Crippen LogP contribution in [0, 0.1) is 0 Å². The SMILES string of the molecule is CCCCCCCCCC=CC=CC=CC=CC=C/C=C\C(=O)O[C@H](COC=CCCCCCCCCCCCCCC)COP(=O)([O-])OCC[N+](C)(C)C. The third kappa shape index (κ3) is 42.5. The van der Waals surface area contributed by atoms with Gasteiger partial charge in [0.1, 0.15) is 19.8 Å². The highest BCUT2D eigenvalue weighted by Crippen LogP contribution is 2.38. The minimum absolute atomic E-state index is 0.0140. The van der Waals surface area contributed by atoms with Gasteiger partial charge in [-0.3, -0.25) is 4.57 Å². The molecule has 0 fully saturated rings. The third-order valence-corrected chi connectivity index (χ3v) is 9.72. The fourth-order valence-corrected chi connectivity index (χ4v) is 6.13. The van der Waals surface area contributed by atoms with Crippen LogP contribution >= 0.6 is 7.82 Å². The number of carbonyl (C=O) groups is 1. The number of unbranched alkanes of at least 4 members (excludes halogenated alkanes) is 19. The van der Waals surface area contributed by atoms with Gasteiger partial charge in [-0.15, -0.1) is 0 Å². The van der Waals surface area contributed by atoms with Gasteiger partial charge in [-0.25, -0.2) is 4.79 Å². The van der Waals surface area contributed by atoms with Gasteiger partial charge in [0, 0.05) is 6.08 Å². The molecule has 0 aliphatic heterocycles. The molecular formula is C46H80NO7P. The maximum absolute atomic E-state index is 12.5. The van der Waals surface area contributed by atoms with Crippen LogP contribution < -0.4 is 4.89 Å². The zero-order valence-electron chi connectivity index (χ0n) is 35.6. The van der Waals surface area contributed by atoms with Crippen molar-refractivity contribution in [2.24, 2.45) is 0 Å². The van der Waals surface area contributed by atoms with Crippen molar-refractivity contribution in [3.63, 3.8) is 0 Å². The number of hydrogen-bond donors (Lipinski definition) is 0. The summed E-state index contributed by atoms with van der Waals surface area (Å²) in [6, 6.07) is 0. The first-order valence-electron chi connectivity index (χ1n) is 21.5. The predicted octanol–water partition coefficient (Wildman–Crippen LogP) is 12.2. The van der Waals surface area contributed by atoms with E-state index < -0.39 is 26.5 Å². The van der Waals surface area contributed by atoms with Crippen LogP contribution in [0.15, 0.2) is 85.3 Å². The highest BCUT2D eigenvalue weighted by molar-refractivity contribution is 7.45. The Hall–Kier alpha value is -2.48. The van der Waals surface area contributed by atoms with E-state index in [4.69, 9.17) is 18.5 Å². The lowest BCUT2D eigenvalue weighted by atomic mass is 10.0. The van der Waals surface area contributed by atoms with Gasteiger partial charge in [-0.05, 0) is 31.8 Å². The molecule has 55 heavy (non-hydrogen) atoms. The Morgan fingerprint density at radius 3 is 1.51 bits per heavy atom. The smallest absolute Gasteiger partial charge is 0.331 e. The molecule has 0 saturated heterocycles. The number of quaternary nitrogens is 1. The Morgan fingerprint density at radius 2 is 1.02 bits per heavy atom. The van der Waals surface area contributed by atoms with Gasteiger partial charge in [-0.2, -0.15) is 0 Å². The lowest BCUT2D eigenvalue weighted by molar-refractivity contribution is -0.870. The van der Waals surface area contributed by atoms with E-state index in [-0.39, 0.29) is 13.2 Å². The van der Waals surface area contributed by atoms with E-state index in [2.05, 4.69) is 26.0 Å². The Bertz CT molecular complexity index is 1150. The number of phosphoric ester groups is 1. The quantitative estimate of drug-likeness (QED) is 0.0117. The number of ether oxygens (including phenoxy) is 2. The average Bonchev–Trinajstić information content (AvgIpc) is 3.13. The Kier molecular flexibility index (Phi) is 36.7. The molecule has 8 nitrogen and oxygen atoms in total. The largest absolute Gasteiger partial charge is 0.756 e. The number of allylic oxidation sites excluding steroid dienone is 12. The van der Waals surface area contributed by atoms with Crippen LogP contribution in [0.3, 0.4) is 0 Å². The molecule has 0 aromatic heterocycles.